The lowest BCUT2D eigenvalue weighted by atomic mass is 10.1. The lowest BCUT2D eigenvalue weighted by Crippen LogP contribution is -2.23. The number of hydrogen-bond acceptors (Lipinski definition) is 10. The summed E-state index contributed by atoms with van der Waals surface area (Å²) in [5, 5.41) is 14.2. The summed E-state index contributed by atoms with van der Waals surface area (Å²) in [6, 6.07) is 6.73. The molecule has 0 saturated heterocycles. The van der Waals surface area contributed by atoms with E-state index in [0.29, 0.717) is 31.3 Å². The van der Waals surface area contributed by atoms with Crippen LogP contribution in [0, 0.1) is 0 Å². The molecule has 0 saturated carbocycles. The number of methoxy groups -OCH3 is 1. The molecule has 0 radical (unpaired) electrons. The fourth-order valence-corrected chi connectivity index (χ4v) is 7.06. The van der Waals surface area contributed by atoms with Crippen molar-refractivity contribution in [3.8, 4) is 5.75 Å². The first-order chi connectivity index (χ1) is 17.9. The van der Waals surface area contributed by atoms with Gasteiger partial charge < -0.3 is 14.8 Å². The molecule has 0 spiro atoms. The number of carbonyl (C=O) groups excluding carboxylic acids is 3. The molecule has 0 aliphatic heterocycles. The number of nitrogens with one attached hydrogen (secondary N) is 2. The van der Waals surface area contributed by atoms with Crippen LogP contribution in [0.2, 0.25) is 0 Å². The molecule has 0 bridgehead atoms. The number of hydrogen-bond donors (Lipinski definition) is 2. The monoisotopic (exact) mass is 560 g/mol. The van der Waals surface area contributed by atoms with Gasteiger partial charge in [-0.25, -0.2) is 4.79 Å². The van der Waals surface area contributed by atoms with E-state index in [1.807, 2.05) is 0 Å². The number of amides is 2. The van der Waals surface area contributed by atoms with Gasteiger partial charge in [-0.1, -0.05) is 29.5 Å². The number of ether oxygens (including phenoxy) is 2. The van der Waals surface area contributed by atoms with E-state index < -0.39 is 5.25 Å². The molecule has 2 aromatic heterocycles. The lowest BCUT2D eigenvalue weighted by Gasteiger charge is -2.11. The first-order valence-electron chi connectivity index (χ1n) is 12.0. The largest absolute Gasteiger partial charge is 0.497 e. The Bertz CT molecular complexity index is 1270. The number of esters is 1. The van der Waals surface area contributed by atoms with Gasteiger partial charge in [-0.15, -0.1) is 21.5 Å². The number of thioether (sulfide) groups is 1. The second-order valence-corrected chi connectivity index (χ2v) is 12.0. The first-order valence-corrected chi connectivity index (χ1v) is 14.5. The van der Waals surface area contributed by atoms with Gasteiger partial charge in [0.15, 0.2) is 4.34 Å². The maximum Gasteiger partial charge on any atom is 0.341 e. The summed E-state index contributed by atoms with van der Waals surface area (Å²) < 4.78 is 11.0. The van der Waals surface area contributed by atoms with Crippen LogP contribution in [0.5, 0.6) is 5.75 Å². The van der Waals surface area contributed by atoms with E-state index >= 15 is 0 Å². The Hall–Kier alpha value is -2.96. The maximum atomic E-state index is 13.1. The van der Waals surface area contributed by atoms with Crippen LogP contribution in [0.1, 0.15) is 64.3 Å². The normalized spacial score (nSPS) is 13.7. The van der Waals surface area contributed by atoms with Crippen LogP contribution in [0.4, 0.5) is 10.1 Å². The summed E-state index contributed by atoms with van der Waals surface area (Å²) in [4.78, 5) is 39.4. The predicted octanol–water partition coefficient (Wildman–Crippen LogP) is 5.43. The van der Waals surface area contributed by atoms with Crippen molar-refractivity contribution in [2.75, 3.05) is 24.4 Å². The van der Waals surface area contributed by atoms with E-state index in [1.165, 1.54) is 34.4 Å². The fraction of sp³-hybridized carbons (Fsp3) is 0.400. The van der Waals surface area contributed by atoms with Crippen molar-refractivity contribution >= 4 is 62.4 Å². The summed E-state index contributed by atoms with van der Waals surface area (Å²) in [6.45, 7) is 3.81. The number of benzene rings is 1. The van der Waals surface area contributed by atoms with Crippen molar-refractivity contribution in [1.29, 1.82) is 0 Å². The number of fused-ring (bicyclic) bond motifs is 1. The van der Waals surface area contributed by atoms with Crippen molar-refractivity contribution in [3.05, 3.63) is 45.8 Å². The Labute approximate surface area is 227 Å². The second-order valence-electron chi connectivity index (χ2n) is 8.29. The minimum absolute atomic E-state index is 0.244. The molecule has 12 heteroatoms. The van der Waals surface area contributed by atoms with Crippen LogP contribution in [0.15, 0.2) is 28.6 Å². The number of rotatable bonds is 9. The third-order valence-corrected chi connectivity index (χ3v) is 8.99. The highest BCUT2D eigenvalue weighted by molar-refractivity contribution is 8.02. The molecule has 1 aromatic carbocycles. The van der Waals surface area contributed by atoms with Crippen molar-refractivity contribution in [1.82, 2.24) is 10.2 Å². The predicted molar refractivity (Wildman–Crippen MR) is 146 cm³/mol. The highest BCUT2D eigenvalue weighted by Crippen LogP contribution is 2.39. The van der Waals surface area contributed by atoms with E-state index in [9.17, 15) is 14.4 Å². The van der Waals surface area contributed by atoms with Gasteiger partial charge in [0.05, 0.1) is 24.5 Å². The summed E-state index contributed by atoms with van der Waals surface area (Å²) in [5.41, 5.74) is 1.97. The Morgan fingerprint density at radius 1 is 1.05 bits per heavy atom. The number of aromatic nitrogens is 2. The SMILES string of the molecule is CCOC(=O)c1c(NC(=O)C(C)Sc2nnc(NC(=O)c3ccc(OC)cc3)s2)sc2c1CCCCC2. The quantitative estimate of drug-likeness (QED) is 0.154. The zero-order valence-electron chi connectivity index (χ0n) is 20.8. The average molecular weight is 561 g/mol. The van der Waals surface area contributed by atoms with Gasteiger partial charge >= 0.3 is 5.97 Å². The molecule has 2 N–H and O–H groups in total. The van der Waals surface area contributed by atoms with Crippen molar-refractivity contribution in [2.24, 2.45) is 0 Å². The molecule has 1 unspecified atom stereocenters. The Morgan fingerprint density at radius 2 is 1.81 bits per heavy atom. The van der Waals surface area contributed by atoms with Gasteiger partial charge in [0, 0.05) is 10.4 Å². The highest BCUT2D eigenvalue weighted by atomic mass is 32.2. The number of carbonyl (C=O) groups is 3. The zero-order valence-corrected chi connectivity index (χ0v) is 23.2. The summed E-state index contributed by atoms with van der Waals surface area (Å²) >= 11 is 3.89. The van der Waals surface area contributed by atoms with Gasteiger partial charge in [-0.3, -0.25) is 14.9 Å². The molecule has 1 atom stereocenters. The molecule has 4 rings (SSSR count). The topological polar surface area (TPSA) is 120 Å². The smallest absolute Gasteiger partial charge is 0.341 e. The molecule has 9 nitrogen and oxygen atoms in total. The molecule has 1 aliphatic carbocycles. The zero-order chi connectivity index (χ0) is 26.4. The van der Waals surface area contributed by atoms with E-state index in [4.69, 9.17) is 9.47 Å². The fourth-order valence-electron chi connectivity index (χ4n) is 3.89. The third-order valence-electron chi connectivity index (χ3n) is 5.76. The molecule has 37 heavy (non-hydrogen) atoms. The average Bonchev–Trinajstić information content (AvgIpc) is 3.39. The number of nitrogens with zero attached hydrogens (tertiary/aromatic N) is 2. The van der Waals surface area contributed by atoms with Crippen LogP contribution in [-0.4, -0.2) is 46.9 Å². The maximum absolute atomic E-state index is 13.1. The molecule has 2 amide bonds. The van der Waals surface area contributed by atoms with E-state index in [1.54, 1.807) is 45.2 Å². The van der Waals surface area contributed by atoms with Crippen molar-refractivity contribution in [2.45, 2.75) is 55.5 Å². The van der Waals surface area contributed by atoms with Gasteiger partial charge in [0.1, 0.15) is 10.8 Å². The van der Waals surface area contributed by atoms with Crippen LogP contribution in [0.25, 0.3) is 0 Å². The van der Waals surface area contributed by atoms with E-state index in [0.717, 1.165) is 42.5 Å². The Kier molecular flexibility index (Phi) is 9.17. The summed E-state index contributed by atoms with van der Waals surface area (Å²) in [5.74, 6) is -0.291. The molecule has 2 heterocycles. The van der Waals surface area contributed by atoms with Gasteiger partial charge in [0.2, 0.25) is 11.0 Å². The molecule has 3 aromatic rings. The van der Waals surface area contributed by atoms with E-state index in [2.05, 4.69) is 20.8 Å². The number of anilines is 2. The third kappa shape index (κ3) is 6.68. The van der Waals surface area contributed by atoms with Crippen molar-refractivity contribution < 1.29 is 23.9 Å². The van der Waals surface area contributed by atoms with E-state index in [-0.39, 0.29) is 24.4 Å². The standard InChI is InChI=1S/C25H28N4O5S3/c1-4-34-23(32)19-17-8-6-5-7-9-18(17)36-22(19)26-20(30)14(2)35-25-29-28-24(37-25)27-21(31)15-10-12-16(33-3)13-11-15/h10-14H,4-9H2,1-3H3,(H,26,30)(H,27,28,31). The Morgan fingerprint density at radius 3 is 2.54 bits per heavy atom. The van der Waals surface area contributed by atoms with Gasteiger partial charge in [-0.2, -0.15) is 0 Å². The Balaban J connectivity index is 1.40. The highest BCUT2D eigenvalue weighted by Gasteiger charge is 2.28. The second kappa shape index (κ2) is 12.5. The molecule has 1 aliphatic rings. The molecule has 0 fully saturated rings. The van der Waals surface area contributed by atoms with Gasteiger partial charge in [-0.05, 0) is 69.4 Å². The minimum Gasteiger partial charge on any atom is -0.497 e. The lowest BCUT2D eigenvalue weighted by molar-refractivity contribution is -0.115. The van der Waals surface area contributed by atoms with Crippen LogP contribution in [-0.2, 0) is 22.4 Å². The number of aryl methyl sites for hydroxylation is 1. The first kappa shape index (κ1) is 27.1. The molecular weight excluding hydrogens is 532 g/mol. The van der Waals surface area contributed by atoms with Crippen LogP contribution >= 0.6 is 34.4 Å². The van der Waals surface area contributed by atoms with Gasteiger partial charge in [0.25, 0.3) is 5.91 Å². The number of thiophene rings is 1. The molecular formula is C25H28N4O5S3. The van der Waals surface area contributed by atoms with Crippen LogP contribution < -0.4 is 15.4 Å². The summed E-state index contributed by atoms with van der Waals surface area (Å²) in [6.07, 6.45) is 4.94. The van der Waals surface area contributed by atoms with Crippen molar-refractivity contribution in [3.63, 3.8) is 0 Å². The minimum atomic E-state index is -0.505. The summed E-state index contributed by atoms with van der Waals surface area (Å²) in [7, 11) is 1.56. The van der Waals surface area contributed by atoms with Crippen LogP contribution in [0.3, 0.4) is 0 Å². The molecule has 196 valence electrons.